The molecule has 0 aliphatic heterocycles. The summed E-state index contributed by atoms with van der Waals surface area (Å²) in [6.07, 6.45) is 10.8. The molecule has 0 fully saturated rings. The van der Waals surface area contributed by atoms with Gasteiger partial charge in [-0.05, 0) is 31.4 Å². The van der Waals surface area contributed by atoms with Crippen molar-refractivity contribution in [3.8, 4) is 12.3 Å². The first-order valence-electron chi connectivity index (χ1n) is 6.60. The second-order valence-electron chi connectivity index (χ2n) is 4.37. The fourth-order valence-corrected chi connectivity index (χ4v) is 1.99. The van der Waals surface area contributed by atoms with Gasteiger partial charge in [-0.1, -0.05) is 43.7 Å². The average molecular weight is 229 g/mol. The number of hydrogen-bond acceptors (Lipinski definition) is 1. The van der Waals surface area contributed by atoms with E-state index in [1.165, 1.54) is 18.4 Å². The van der Waals surface area contributed by atoms with Crippen molar-refractivity contribution in [2.75, 3.05) is 6.54 Å². The normalized spacial score (nSPS) is 12.0. The van der Waals surface area contributed by atoms with Crippen LogP contribution in [0.4, 0.5) is 0 Å². The first-order valence-corrected chi connectivity index (χ1v) is 6.60. The minimum atomic E-state index is 0.493. The molecular formula is C16H23N. The van der Waals surface area contributed by atoms with Crippen molar-refractivity contribution in [1.82, 2.24) is 5.32 Å². The molecular weight excluding hydrogens is 206 g/mol. The Morgan fingerprint density at radius 1 is 1.24 bits per heavy atom. The van der Waals surface area contributed by atoms with Crippen molar-refractivity contribution in [2.45, 2.75) is 45.1 Å². The molecule has 0 aliphatic carbocycles. The Morgan fingerprint density at radius 3 is 2.65 bits per heavy atom. The summed E-state index contributed by atoms with van der Waals surface area (Å²) in [5.41, 5.74) is 1.39. The molecule has 0 radical (unpaired) electrons. The van der Waals surface area contributed by atoms with Crippen LogP contribution in [0.2, 0.25) is 0 Å². The SMILES string of the molecule is C#CCCCCNC(CCC)c1ccccc1. The van der Waals surface area contributed by atoms with Gasteiger partial charge in [0.05, 0.1) is 0 Å². The van der Waals surface area contributed by atoms with Crippen LogP contribution < -0.4 is 5.32 Å². The highest BCUT2D eigenvalue weighted by atomic mass is 14.9. The van der Waals surface area contributed by atoms with Gasteiger partial charge >= 0.3 is 0 Å². The number of benzene rings is 1. The predicted octanol–water partition coefficient (Wildman–Crippen LogP) is 3.92. The minimum absolute atomic E-state index is 0.493. The van der Waals surface area contributed by atoms with Gasteiger partial charge < -0.3 is 5.32 Å². The molecule has 0 aromatic heterocycles. The topological polar surface area (TPSA) is 12.0 Å². The maximum absolute atomic E-state index is 5.24. The molecule has 0 spiro atoms. The van der Waals surface area contributed by atoms with Gasteiger partial charge in [0.1, 0.15) is 0 Å². The maximum Gasteiger partial charge on any atom is 0.0320 e. The van der Waals surface area contributed by atoms with Crippen LogP contribution in [0.3, 0.4) is 0 Å². The summed E-state index contributed by atoms with van der Waals surface area (Å²) in [6.45, 7) is 3.29. The summed E-state index contributed by atoms with van der Waals surface area (Å²) >= 11 is 0. The lowest BCUT2D eigenvalue weighted by atomic mass is 10.0. The molecule has 1 N–H and O–H groups in total. The maximum atomic E-state index is 5.24. The van der Waals surface area contributed by atoms with Crippen LogP contribution >= 0.6 is 0 Å². The first-order chi connectivity index (χ1) is 8.38. The van der Waals surface area contributed by atoms with Crippen molar-refractivity contribution >= 4 is 0 Å². The summed E-state index contributed by atoms with van der Waals surface area (Å²) < 4.78 is 0. The Kier molecular flexibility index (Phi) is 7.18. The van der Waals surface area contributed by atoms with E-state index < -0.39 is 0 Å². The third-order valence-corrected chi connectivity index (χ3v) is 2.92. The van der Waals surface area contributed by atoms with Gasteiger partial charge in [0.25, 0.3) is 0 Å². The quantitative estimate of drug-likeness (QED) is 0.526. The second-order valence-corrected chi connectivity index (χ2v) is 4.37. The zero-order valence-electron chi connectivity index (χ0n) is 10.8. The van der Waals surface area contributed by atoms with E-state index >= 15 is 0 Å². The highest BCUT2D eigenvalue weighted by Gasteiger charge is 2.08. The molecule has 0 bridgehead atoms. The fraction of sp³-hybridized carbons (Fsp3) is 0.500. The van der Waals surface area contributed by atoms with Gasteiger partial charge in [0.2, 0.25) is 0 Å². The van der Waals surface area contributed by atoms with E-state index in [-0.39, 0.29) is 0 Å². The molecule has 92 valence electrons. The number of terminal acetylenes is 1. The Morgan fingerprint density at radius 2 is 2.00 bits per heavy atom. The number of hydrogen-bond donors (Lipinski definition) is 1. The summed E-state index contributed by atoms with van der Waals surface area (Å²) in [5.74, 6) is 2.68. The first kappa shape index (κ1) is 13.8. The highest BCUT2D eigenvalue weighted by Crippen LogP contribution is 2.17. The molecule has 1 heteroatoms. The lowest BCUT2D eigenvalue weighted by molar-refractivity contribution is 0.483. The second kappa shape index (κ2) is 8.84. The largest absolute Gasteiger partial charge is 0.310 e. The van der Waals surface area contributed by atoms with Crippen molar-refractivity contribution in [1.29, 1.82) is 0 Å². The van der Waals surface area contributed by atoms with Crippen molar-refractivity contribution in [3.05, 3.63) is 35.9 Å². The van der Waals surface area contributed by atoms with Crippen LogP contribution in [0.1, 0.15) is 50.6 Å². The Labute approximate surface area is 106 Å². The van der Waals surface area contributed by atoms with E-state index in [4.69, 9.17) is 6.42 Å². The molecule has 1 aromatic carbocycles. The Hall–Kier alpha value is -1.26. The molecule has 17 heavy (non-hydrogen) atoms. The van der Waals surface area contributed by atoms with Crippen LogP contribution in [0.15, 0.2) is 30.3 Å². The van der Waals surface area contributed by atoms with E-state index in [0.717, 1.165) is 25.8 Å². The summed E-state index contributed by atoms with van der Waals surface area (Å²) in [6, 6.07) is 11.2. The van der Waals surface area contributed by atoms with Crippen LogP contribution in [0.25, 0.3) is 0 Å². The number of nitrogens with one attached hydrogen (secondary N) is 1. The summed E-state index contributed by atoms with van der Waals surface area (Å²) in [5, 5.41) is 3.63. The number of unbranched alkanes of at least 4 members (excludes halogenated alkanes) is 2. The van der Waals surface area contributed by atoms with Crippen molar-refractivity contribution < 1.29 is 0 Å². The van der Waals surface area contributed by atoms with Crippen LogP contribution in [0, 0.1) is 12.3 Å². The molecule has 0 heterocycles. The molecule has 1 aromatic rings. The van der Waals surface area contributed by atoms with E-state index in [2.05, 4.69) is 48.5 Å². The fourth-order valence-electron chi connectivity index (χ4n) is 1.99. The third kappa shape index (κ3) is 5.56. The molecule has 0 amide bonds. The predicted molar refractivity (Wildman–Crippen MR) is 74.8 cm³/mol. The van der Waals surface area contributed by atoms with Gasteiger partial charge in [0, 0.05) is 12.5 Å². The van der Waals surface area contributed by atoms with E-state index in [9.17, 15) is 0 Å². The van der Waals surface area contributed by atoms with Gasteiger partial charge in [-0.2, -0.15) is 0 Å². The Bertz CT molecular complexity index is 323. The van der Waals surface area contributed by atoms with Gasteiger partial charge in [-0.25, -0.2) is 0 Å². The lowest BCUT2D eigenvalue weighted by Gasteiger charge is -2.18. The van der Waals surface area contributed by atoms with Gasteiger partial charge in [-0.3, -0.25) is 0 Å². The van der Waals surface area contributed by atoms with E-state index in [1.54, 1.807) is 0 Å². The van der Waals surface area contributed by atoms with Crippen molar-refractivity contribution in [3.63, 3.8) is 0 Å². The molecule has 0 aliphatic rings. The monoisotopic (exact) mass is 229 g/mol. The van der Waals surface area contributed by atoms with Gasteiger partial charge in [0.15, 0.2) is 0 Å². The zero-order valence-corrected chi connectivity index (χ0v) is 10.8. The molecule has 1 atom stereocenters. The zero-order chi connectivity index (χ0) is 12.3. The average Bonchev–Trinajstić information content (AvgIpc) is 2.38. The molecule has 0 saturated carbocycles. The van der Waals surface area contributed by atoms with Gasteiger partial charge in [-0.15, -0.1) is 12.3 Å². The standard InChI is InChI=1S/C16H23N/c1-3-5-6-10-14-17-16(11-4-2)15-12-8-7-9-13-15/h1,7-9,12-13,16-17H,4-6,10-11,14H2,2H3. The lowest BCUT2D eigenvalue weighted by Crippen LogP contribution is -2.22. The number of rotatable bonds is 8. The molecule has 1 nitrogen and oxygen atoms in total. The molecule has 1 unspecified atom stereocenters. The molecule has 0 saturated heterocycles. The van der Waals surface area contributed by atoms with Crippen LogP contribution in [0.5, 0.6) is 0 Å². The third-order valence-electron chi connectivity index (χ3n) is 2.92. The van der Waals surface area contributed by atoms with Crippen LogP contribution in [-0.4, -0.2) is 6.54 Å². The summed E-state index contributed by atoms with van der Waals surface area (Å²) in [4.78, 5) is 0. The molecule has 1 rings (SSSR count). The van der Waals surface area contributed by atoms with E-state index in [0.29, 0.717) is 6.04 Å². The summed E-state index contributed by atoms with van der Waals surface area (Å²) in [7, 11) is 0. The van der Waals surface area contributed by atoms with Crippen molar-refractivity contribution in [2.24, 2.45) is 0 Å². The van der Waals surface area contributed by atoms with E-state index in [1.807, 2.05) is 0 Å². The van der Waals surface area contributed by atoms with Crippen LogP contribution in [-0.2, 0) is 0 Å². The Balaban J connectivity index is 2.37. The highest BCUT2D eigenvalue weighted by molar-refractivity contribution is 5.18. The minimum Gasteiger partial charge on any atom is -0.310 e. The smallest absolute Gasteiger partial charge is 0.0320 e.